The average molecular weight is 193 g/mol. The minimum absolute atomic E-state index is 0.249. The highest BCUT2D eigenvalue weighted by molar-refractivity contribution is 5.78. The Bertz CT molecular complexity index is 299. The molecule has 76 valence electrons. The zero-order chi connectivity index (χ0) is 10.6. The van der Waals surface area contributed by atoms with Crippen molar-refractivity contribution in [3.63, 3.8) is 0 Å². The summed E-state index contributed by atoms with van der Waals surface area (Å²) in [6, 6.07) is 9.16. The summed E-state index contributed by atoms with van der Waals surface area (Å²) < 4.78 is 0. The molecule has 2 unspecified atom stereocenters. The maximum absolute atomic E-state index is 11.2. The van der Waals surface area contributed by atoms with Crippen molar-refractivity contribution in [1.82, 2.24) is 5.43 Å². The first-order valence-electron chi connectivity index (χ1n) is 4.47. The van der Waals surface area contributed by atoms with E-state index in [1.807, 2.05) is 30.3 Å². The van der Waals surface area contributed by atoms with Crippen molar-refractivity contribution in [2.75, 3.05) is 0 Å². The molecule has 4 heteroatoms. The van der Waals surface area contributed by atoms with Crippen molar-refractivity contribution in [1.29, 1.82) is 0 Å². The molecule has 1 aromatic rings. The van der Waals surface area contributed by atoms with E-state index in [0.29, 0.717) is 0 Å². The third-order valence-electron chi connectivity index (χ3n) is 2.28. The molecule has 4 nitrogen and oxygen atoms in total. The summed E-state index contributed by atoms with van der Waals surface area (Å²) in [5, 5.41) is 0. The van der Waals surface area contributed by atoms with Gasteiger partial charge in [-0.1, -0.05) is 37.3 Å². The Hall–Kier alpha value is -1.39. The molecule has 0 fully saturated rings. The Morgan fingerprint density at radius 2 is 1.93 bits per heavy atom. The summed E-state index contributed by atoms with van der Waals surface area (Å²) in [7, 11) is 0. The van der Waals surface area contributed by atoms with Crippen molar-refractivity contribution < 1.29 is 4.79 Å². The van der Waals surface area contributed by atoms with Gasteiger partial charge in [0.1, 0.15) is 0 Å². The number of nitrogens with one attached hydrogen (secondary N) is 1. The maximum Gasteiger partial charge on any atom is 0.238 e. The molecule has 1 aromatic carbocycles. The van der Waals surface area contributed by atoms with E-state index in [1.165, 1.54) is 0 Å². The van der Waals surface area contributed by atoms with Crippen molar-refractivity contribution in [3.05, 3.63) is 35.9 Å². The van der Waals surface area contributed by atoms with Gasteiger partial charge in [-0.25, -0.2) is 5.84 Å². The van der Waals surface area contributed by atoms with Crippen LogP contribution in [0.3, 0.4) is 0 Å². The molecule has 1 amide bonds. The van der Waals surface area contributed by atoms with Crippen LogP contribution < -0.4 is 17.0 Å². The predicted octanol–water partition coefficient (Wildman–Crippen LogP) is 0.312. The second-order valence-corrected chi connectivity index (χ2v) is 3.23. The first kappa shape index (κ1) is 10.7. The van der Waals surface area contributed by atoms with E-state index in [-0.39, 0.29) is 17.9 Å². The number of carbonyl (C=O) groups is 1. The molecule has 1 rings (SSSR count). The molecule has 0 saturated heterocycles. The Morgan fingerprint density at radius 1 is 1.36 bits per heavy atom. The van der Waals surface area contributed by atoms with Crippen molar-refractivity contribution >= 4 is 5.91 Å². The minimum Gasteiger partial charge on any atom is -0.323 e. The first-order valence-corrected chi connectivity index (χ1v) is 4.47. The van der Waals surface area contributed by atoms with Gasteiger partial charge < -0.3 is 5.73 Å². The van der Waals surface area contributed by atoms with E-state index in [4.69, 9.17) is 11.6 Å². The lowest BCUT2D eigenvalue weighted by Gasteiger charge is -2.18. The predicted molar refractivity (Wildman–Crippen MR) is 54.9 cm³/mol. The average Bonchev–Trinajstić information content (AvgIpc) is 2.27. The molecule has 2 atom stereocenters. The second kappa shape index (κ2) is 4.74. The summed E-state index contributed by atoms with van der Waals surface area (Å²) in [6.07, 6.45) is 0. The highest BCUT2D eigenvalue weighted by Gasteiger charge is 2.20. The lowest BCUT2D eigenvalue weighted by Crippen LogP contribution is -2.39. The topological polar surface area (TPSA) is 81.1 Å². The van der Waals surface area contributed by atoms with E-state index < -0.39 is 0 Å². The van der Waals surface area contributed by atoms with Gasteiger partial charge in [0.2, 0.25) is 5.91 Å². The molecular formula is C10H15N3O. The molecule has 5 N–H and O–H groups in total. The molecule has 0 heterocycles. The van der Waals surface area contributed by atoms with Crippen molar-refractivity contribution in [3.8, 4) is 0 Å². The Kier molecular flexibility index (Phi) is 3.62. The van der Waals surface area contributed by atoms with Crippen LogP contribution in [-0.4, -0.2) is 5.91 Å². The largest absolute Gasteiger partial charge is 0.323 e. The number of hydrazine groups is 1. The fraction of sp³-hybridized carbons (Fsp3) is 0.300. The molecule has 0 bridgehead atoms. The Labute approximate surface area is 83.3 Å². The van der Waals surface area contributed by atoms with Crippen LogP contribution >= 0.6 is 0 Å². The van der Waals surface area contributed by atoms with Gasteiger partial charge in [0.05, 0.1) is 5.92 Å². The molecule has 0 aromatic heterocycles. The highest BCUT2D eigenvalue weighted by Crippen LogP contribution is 2.18. The van der Waals surface area contributed by atoms with Gasteiger partial charge in [0.15, 0.2) is 0 Å². The van der Waals surface area contributed by atoms with Gasteiger partial charge in [-0.15, -0.1) is 0 Å². The number of hydrogen-bond acceptors (Lipinski definition) is 3. The fourth-order valence-corrected chi connectivity index (χ4v) is 1.26. The maximum atomic E-state index is 11.2. The van der Waals surface area contributed by atoms with Crippen LogP contribution in [0.15, 0.2) is 30.3 Å². The minimum atomic E-state index is -0.331. The molecule has 0 aliphatic heterocycles. The van der Waals surface area contributed by atoms with Crippen LogP contribution in [-0.2, 0) is 4.79 Å². The summed E-state index contributed by atoms with van der Waals surface area (Å²) >= 11 is 0. The number of carbonyl (C=O) groups excluding carboxylic acids is 1. The lowest BCUT2D eigenvalue weighted by molar-refractivity contribution is -0.125. The van der Waals surface area contributed by atoms with Crippen molar-refractivity contribution in [2.24, 2.45) is 17.5 Å². The van der Waals surface area contributed by atoms with Crippen LogP contribution in [0.1, 0.15) is 18.5 Å². The SMILES string of the molecule is CC(C(=O)NN)C(N)c1ccccc1. The van der Waals surface area contributed by atoms with Gasteiger partial charge in [-0.2, -0.15) is 0 Å². The van der Waals surface area contributed by atoms with E-state index in [2.05, 4.69) is 5.43 Å². The van der Waals surface area contributed by atoms with Gasteiger partial charge in [-0.3, -0.25) is 10.2 Å². The summed E-state index contributed by atoms with van der Waals surface area (Å²) in [5.41, 5.74) is 8.93. The Morgan fingerprint density at radius 3 is 2.43 bits per heavy atom. The monoisotopic (exact) mass is 193 g/mol. The number of amides is 1. The number of hydrogen-bond donors (Lipinski definition) is 3. The second-order valence-electron chi connectivity index (χ2n) is 3.23. The number of rotatable bonds is 3. The fourth-order valence-electron chi connectivity index (χ4n) is 1.26. The third-order valence-corrected chi connectivity index (χ3v) is 2.28. The van der Waals surface area contributed by atoms with E-state index in [9.17, 15) is 4.79 Å². The van der Waals surface area contributed by atoms with Crippen LogP contribution in [0, 0.1) is 5.92 Å². The molecule has 0 radical (unpaired) electrons. The summed E-state index contributed by atoms with van der Waals surface area (Å²) in [4.78, 5) is 11.2. The smallest absolute Gasteiger partial charge is 0.238 e. The van der Waals surface area contributed by atoms with Crippen LogP contribution in [0.25, 0.3) is 0 Å². The summed E-state index contributed by atoms with van der Waals surface area (Å²) in [6.45, 7) is 1.75. The molecular weight excluding hydrogens is 178 g/mol. The Balaban J connectivity index is 2.75. The van der Waals surface area contributed by atoms with Crippen molar-refractivity contribution in [2.45, 2.75) is 13.0 Å². The molecule has 14 heavy (non-hydrogen) atoms. The van der Waals surface area contributed by atoms with Crippen LogP contribution in [0.4, 0.5) is 0 Å². The quantitative estimate of drug-likeness (QED) is 0.367. The number of nitrogens with two attached hydrogens (primary N) is 2. The lowest BCUT2D eigenvalue weighted by atomic mass is 9.95. The number of benzene rings is 1. The van der Waals surface area contributed by atoms with E-state index >= 15 is 0 Å². The van der Waals surface area contributed by atoms with Gasteiger partial charge in [-0.05, 0) is 5.56 Å². The molecule has 0 spiro atoms. The van der Waals surface area contributed by atoms with Gasteiger partial charge >= 0.3 is 0 Å². The molecule has 0 aliphatic rings. The molecule has 0 aliphatic carbocycles. The van der Waals surface area contributed by atoms with Gasteiger partial charge in [0.25, 0.3) is 0 Å². The normalized spacial score (nSPS) is 14.5. The van der Waals surface area contributed by atoms with E-state index in [1.54, 1.807) is 6.92 Å². The van der Waals surface area contributed by atoms with Gasteiger partial charge in [0, 0.05) is 6.04 Å². The van der Waals surface area contributed by atoms with Crippen LogP contribution in [0.5, 0.6) is 0 Å². The molecule has 0 saturated carbocycles. The highest BCUT2D eigenvalue weighted by atomic mass is 16.2. The summed E-state index contributed by atoms with van der Waals surface area (Å²) in [5.74, 6) is 4.45. The zero-order valence-corrected chi connectivity index (χ0v) is 8.10. The standard InChI is InChI=1S/C10H15N3O/c1-7(10(14)13-12)9(11)8-5-3-2-4-6-8/h2-7,9H,11-12H2,1H3,(H,13,14). The van der Waals surface area contributed by atoms with E-state index in [0.717, 1.165) is 5.56 Å². The third kappa shape index (κ3) is 2.31. The first-order chi connectivity index (χ1) is 6.66. The van der Waals surface area contributed by atoms with Crippen LogP contribution in [0.2, 0.25) is 0 Å². The zero-order valence-electron chi connectivity index (χ0n) is 8.10.